The van der Waals surface area contributed by atoms with Crippen LogP contribution in [0.3, 0.4) is 0 Å². The number of pyridine rings is 1. The molecule has 0 radical (unpaired) electrons. The monoisotopic (exact) mass is 244 g/mol. The van der Waals surface area contributed by atoms with E-state index in [4.69, 9.17) is 0 Å². The van der Waals surface area contributed by atoms with Gasteiger partial charge in [-0.15, -0.1) is 0 Å². The first kappa shape index (κ1) is 12.6. The van der Waals surface area contributed by atoms with Gasteiger partial charge in [-0.3, -0.25) is 4.98 Å². The van der Waals surface area contributed by atoms with Crippen LogP contribution in [0.2, 0.25) is 0 Å². The Morgan fingerprint density at radius 3 is 2.83 bits per heavy atom. The molecule has 94 valence electrons. The number of rotatable bonds is 4. The lowest BCUT2D eigenvalue weighted by atomic mass is 10.0. The lowest BCUT2D eigenvalue weighted by Crippen LogP contribution is -2.11. The number of aromatic nitrogens is 1. The highest BCUT2D eigenvalue weighted by atomic mass is 19.1. The van der Waals surface area contributed by atoms with Gasteiger partial charge in [0.05, 0.1) is 17.9 Å². The van der Waals surface area contributed by atoms with Crippen LogP contribution in [0.1, 0.15) is 30.5 Å². The summed E-state index contributed by atoms with van der Waals surface area (Å²) < 4.78 is 13.2. The number of benzene rings is 1. The zero-order chi connectivity index (χ0) is 13.0. The average Bonchev–Trinajstić information content (AvgIpc) is 2.38. The van der Waals surface area contributed by atoms with Gasteiger partial charge >= 0.3 is 0 Å². The van der Waals surface area contributed by atoms with Gasteiger partial charge < -0.3 is 5.32 Å². The van der Waals surface area contributed by atoms with Crippen LogP contribution in [-0.4, -0.2) is 4.98 Å². The van der Waals surface area contributed by atoms with Crippen LogP contribution in [0.5, 0.6) is 0 Å². The van der Waals surface area contributed by atoms with E-state index in [1.807, 2.05) is 19.1 Å². The smallest absolute Gasteiger partial charge is 0.123 e. The summed E-state index contributed by atoms with van der Waals surface area (Å²) in [6, 6.07) is 8.78. The second kappa shape index (κ2) is 5.63. The second-order valence-electron chi connectivity index (χ2n) is 4.35. The summed E-state index contributed by atoms with van der Waals surface area (Å²) in [6.07, 6.45) is 4.46. The van der Waals surface area contributed by atoms with E-state index < -0.39 is 0 Å². The Bertz CT molecular complexity index is 525. The Morgan fingerprint density at radius 2 is 2.17 bits per heavy atom. The van der Waals surface area contributed by atoms with Gasteiger partial charge in [0.2, 0.25) is 0 Å². The molecule has 0 fully saturated rings. The van der Waals surface area contributed by atoms with Gasteiger partial charge in [0.1, 0.15) is 5.82 Å². The van der Waals surface area contributed by atoms with Crippen molar-refractivity contribution in [2.75, 3.05) is 5.32 Å². The summed E-state index contributed by atoms with van der Waals surface area (Å²) in [5.41, 5.74) is 3.09. The van der Waals surface area contributed by atoms with Crippen LogP contribution < -0.4 is 5.32 Å². The summed E-state index contributed by atoms with van der Waals surface area (Å²) >= 11 is 0. The van der Waals surface area contributed by atoms with Crippen LogP contribution >= 0.6 is 0 Å². The SMILES string of the molecule is CCC(Nc1cnccc1C)c1cccc(F)c1. The van der Waals surface area contributed by atoms with Gasteiger partial charge in [-0.2, -0.15) is 0 Å². The maximum absolute atomic E-state index is 13.2. The molecule has 3 heteroatoms. The third-order valence-electron chi connectivity index (χ3n) is 3.03. The Kier molecular flexibility index (Phi) is 3.92. The standard InChI is InChI=1S/C15H17FN2/c1-3-14(12-5-4-6-13(16)9-12)18-15-10-17-8-7-11(15)2/h4-10,14,18H,3H2,1-2H3. The van der Waals surface area contributed by atoms with Crippen molar-refractivity contribution in [3.8, 4) is 0 Å². The van der Waals surface area contributed by atoms with Crippen molar-refractivity contribution in [2.24, 2.45) is 0 Å². The fraction of sp³-hybridized carbons (Fsp3) is 0.267. The van der Waals surface area contributed by atoms with E-state index in [0.717, 1.165) is 23.2 Å². The molecule has 0 aliphatic heterocycles. The first-order valence-corrected chi connectivity index (χ1v) is 6.13. The lowest BCUT2D eigenvalue weighted by Gasteiger charge is -2.19. The molecule has 0 aliphatic carbocycles. The van der Waals surface area contributed by atoms with E-state index in [0.29, 0.717) is 0 Å². The number of hydrogen-bond acceptors (Lipinski definition) is 2. The molecule has 0 spiro atoms. The first-order valence-electron chi connectivity index (χ1n) is 6.13. The molecule has 2 aromatic rings. The predicted molar refractivity (Wildman–Crippen MR) is 72.0 cm³/mol. The van der Waals surface area contributed by atoms with Gasteiger partial charge in [-0.25, -0.2) is 4.39 Å². The Hall–Kier alpha value is -1.90. The quantitative estimate of drug-likeness (QED) is 0.876. The van der Waals surface area contributed by atoms with E-state index >= 15 is 0 Å². The normalized spacial score (nSPS) is 12.2. The molecular formula is C15H17FN2. The highest BCUT2D eigenvalue weighted by Crippen LogP contribution is 2.24. The van der Waals surface area contributed by atoms with Crippen LogP contribution in [0.25, 0.3) is 0 Å². The van der Waals surface area contributed by atoms with Crippen molar-refractivity contribution < 1.29 is 4.39 Å². The number of hydrogen-bond donors (Lipinski definition) is 1. The second-order valence-corrected chi connectivity index (χ2v) is 4.35. The molecule has 0 amide bonds. The largest absolute Gasteiger partial charge is 0.377 e. The minimum absolute atomic E-state index is 0.101. The van der Waals surface area contributed by atoms with Gasteiger partial charge in [0.25, 0.3) is 0 Å². The van der Waals surface area contributed by atoms with Gasteiger partial charge in [0.15, 0.2) is 0 Å². The topological polar surface area (TPSA) is 24.9 Å². The molecule has 0 saturated carbocycles. The first-order chi connectivity index (χ1) is 8.70. The summed E-state index contributed by atoms with van der Waals surface area (Å²) in [5.74, 6) is -0.198. The molecule has 1 aromatic carbocycles. The Balaban J connectivity index is 2.23. The average molecular weight is 244 g/mol. The van der Waals surface area contributed by atoms with Crippen LogP contribution in [0.4, 0.5) is 10.1 Å². The van der Waals surface area contributed by atoms with E-state index in [9.17, 15) is 4.39 Å². The Labute approximate surface area is 107 Å². The molecule has 0 bridgehead atoms. The van der Waals surface area contributed by atoms with Crippen molar-refractivity contribution in [2.45, 2.75) is 26.3 Å². The molecule has 1 heterocycles. The fourth-order valence-electron chi connectivity index (χ4n) is 1.95. The van der Waals surface area contributed by atoms with Crippen LogP contribution in [-0.2, 0) is 0 Å². The molecule has 18 heavy (non-hydrogen) atoms. The zero-order valence-corrected chi connectivity index (χ0v) is 10.7. The van der Waals surface area contributed by atoms with Crippen molar-refractivity contribution in [3.05, 3.63) is 59.7 Å². The minimum Gasteiger partial charge on any atom is -0.377 e. The van der Waals surface area contributed by atoms with Gasteiger partial charge in [-0.1, -0.05) is 19.1 Å². The number of anilines is 1. The van der Waals surface area contributed by atoms with E-state index in [1.54, 1.807) is 24.5 Å². The fourth-order valence-corrected chi connectivity index (χ4v) is 1.95. The molecule has 2 rings (SSSR count). The number of aryl methyl sites for hydroxylation is 1. The minimum atomic E-state index is -0.198. The van der Waals surface area contributed by atoms with Gasteiger partial charge in [-0.05, 0) is 42.7 Å². The molecule has 1 atom stereocenters. The maximum Gasteiger partial charge on any atom is 0.123 e. The number of halogens is 1. The van der Waals surface area contributed by atoms with E-state index in [1.165, 1.54) is 6.07 Å². The highest BCUT2D eigenvalue weighted by Gasteiger charge is 2.10. The maximum atomic E-state index is 13.2. The number of nitrogens with zero attached hydrogens (tertiary/aromatic N) is 1. The van der Waals surface area contributed by atoms with Crippen LogP contribution in [0.15, 0.2) is 42.7 Å². The summed E-state index contributed by atoms with van der Waals surface area (Å²) in [7, 11) is 0. The summed E-state index contributed by atoms with van der Waals surface area (Å²) in [5, 5.41) is 3.41. The summed E-state index contributed by atoms with van der Waals surface area (Å²) in [6.45, 7) is 4.11. The molecule has 1 unspecified atom stereocenters. The molecule has 1 aromatic heterocycles. The molecule has 0 saturated heterocycles. The third kappa shape index (κ3) is 2.86. The Morgan fingerprint density at radius 1 is 1.33 bits per heavy atom. The zero-order valence-electron chi connectivity index (χ0n) is 10.7. The predicted octanol–water partition coefficient (Wildman–Crippen LogP) is 4.09. The molecule has 2 nitrogen and oxygen atoms in total. The molecule has 1 N–H and O–H groups in total. The third-order valence-corrected chi connectivity index (χ3v) is 3.03. The van der Waals surface area contributed by atoms with Crippen LogP contribution in [0, 0.1) is 12.7 Å². The molecular weight excluding hydrogens is 227 g/mol. The van der Waals surface area contributed by atoms with Gasteiger partial charge in [0, 0.05) is 6.20 Å². The van der Waals surface area contributed by atoms with Crippen molar-refractivity contribution in [3.63, 3.8) is 0 Å². The molecule has 0 aliphatic rings. The van der Waals surface area contributed by atoms with E-state index in [2.05, 4.69) is 17.2 Å². The van der Waals surface area contributed by atoms with E-state index in [-0.39, 0.29) is 11.9 Å². The van der Waals surface area contributed by atoms with Crippen molar-refractivity contribution in [1.29, 1.82) is 0 Å². The van der Waals surface area contributed by atoms with Crippen molar-refractivity contribution >= 4 is 5.69 Å². The highest BCUT2D eigenvalue weighted by molar-refractivity contribution is 5.49. The number of nitrogens with one attached hydrogen (secondary N) is 1. The lowest BCUT2D eigenvalue weighted by molar-refractivity contribution is 0.620. The van der Waals surface area contributed by atoms with Crippen molar-refractivity contribution in [1.82, 2.24) is 4.98 Å². The summed E-state index contributed by atoms with van der Waals surface area (Å²) in [4.78, 5) is 4.11.